The number of aryl methyl sites for hydroxylation is 1. The Morgan fingerprint density at radius 1 is 1.08 bits per heavy atom. The second-order valence-corrected chi connectivity index (χ2v) is 8.01. The van der Waals surface area contributed by atoms with Crippen molar-refractivity contribution in [1.82, 2.24) is 23.9 Å². The van der Waals surface area contributed by atoms with Gasteiger partial charge in [-0.25, -0.2) is 13.1 Å². The maximum absolute atomic E-state index is 13.1. The molecule has 0 saturated carbocycles. The van der Waals surface area contributed by atoms with E-state index in [-0.39, 0.29) is 17.5 Å². The van der Waals surface area contributed by atoms with Gasteiger partial charge in [0.05, 0.1) is 24.3 Å². The zero-order chi connectivity index (χ0) is 18.0. The molecule has 0 spiro atoms. The van der Waals surface area contributed by atoms with Gasteiger partial charge >= 0.3 is 0 Å². The maximum Gasteiger partial charge on any atom is 0.246 e. The SMILES string of the molecule is CC(C)N(Cc1cnn(C)c1)S(=O)(=O)c1cnn(-c2ccccc2)c1. The Labute approximate surface area is 147 Å². The molecule has 2 heterocycles. The predicted molar refractivity (Wildman–Crippen MR) is 94.6 cm³/mol. The molecular weight excluding hydrogens is 338 g/mol. The zero-order valence-corrected chi connectivity index (χ0v) is 15.3. The average Bonchev–Trinajstić information content (AvgIpc) is 3.22. The van der Waals surface area contributed by atoms with Crippen LogP contribution in [0.4, 0.5) is 0 Å². The highest BCUT2D eigenvalue weighted by molar-refractivity contribution is 7.89. The lowest BCUT2D eigenvalue weighted by Gasteiger charge is -2.24. The van der Waals surface area contributed by atoms with Crippen LogP contribution in [0.2, 0.25) is 0 Å². The molecule has 8 heteroatoms. The number of sulfonamides is 1. The molecule has 0 N–H and O–H groups in total. The van der Waals surface area contributed by atoms with Gasteiger partial charge in [-0.15, -0.1) is 0 Å². The second kappa shape index (κ2) is 6.81. The number of hydrogen-bond acceptors (Lipinski definition) is 4. The second-order valence-electron chi connectivity index (χ2n) is 6.12. The van der Waals surface area contributed by atoms with E-state index in [2.05, 4.69) is 10.2 Å². The summed E-state index contributed by atoms with van der Waals surface area (Å²) in [7, 11) is -1.86. The minimum Gasteiger partial charge on any atom is -0.275 e. The molecule has 7 nitrogen and oxygen atoms in total. The van der Waals surface area contributed by atoms with E-state index in [0.29, 0.717) is 0 Å². The van der Waals surface area contributed by atoms with Crippen molar-refractivity contribution in [2.75, 3.05) is 0 Å². The number of hydrogen-bond donors (Lipinski definition) is 0. The molecule has 0 aliphatic carbocycles. The number of nitrogens with zero attached hydrogens (tertiary/aromatic N) is 5. The summed E-state index contributed by atoms with van der Waals surface area (Å²) >= 11 is 0. The lowest BCUT2D eigenvalue weighted by Crippen LogP contribution is -2.36. The van der Waals surface area contributed by atoms with E-state index in [1.807, 2.05) is 57.4 Å². The monoisotopic (exact) mass is 359 g/mol. The highest BCUT2D eigenvalue weighted by atomic mass is 32.2. The van der Waals surface area contributed by atoms with Crippen molar-refractivity contribution in [3.8, 4) is 5.69 Å². The van der Waals surface area contributed by atoms with Crippen LogP contribution in [0.15, 0.2) is 60.0 Å². The van der Waals surface area contributed by atoms with Crippen LogP contribution in [-0.2, 0) is 23.6 Å². The number of aromatic nitrogens is 4. The van der Waals surface area contributed by atoms with Gasteiger partial charge in [-0.3, -0.25) is 4.68 Å². The van der Waals surface area contributed by atoms with Gasteiger partial charge in [0.25, 0.3) is 0 Å². The number of rotatable bonds is 6. The largest absolute Gasteiger partial charge is 0.275 e. The highest BCUT2D eigenvalue weighted by Crippen LogP contribution is 2.21. The summed E-state index contributed by atoms with van der Waals surface area (Å²) in [4.78, 5) is 0.175. The molecule has 2 aromatic heterocycles. The lowest BCUT2D eigenvalue weighted by atomic mass is 10.3. The molecular formula is C17H21N5O2S. The van der Waals surface area contributed by atoms with Crippen LogP contribution in [0.5, 0.6) is 0 Å². The van der Waals surface area contributed by atoms with Crippen molar-refractivity contribution < 1.29 is 8.42 Å². The summed E-state index contributed by atoms with van der Waals surface area (Å²) in [5.41, 5.74) is 1.66. The summed E-state index contributed by atoms with van der Waals surface area (Å²) in [5.74, 6) is 0. The summed E-state index contributed by atoms with van der Waals surface area (Å²) in [5, 5.41) is 8.31. The van der Waals surface area contributed by atoms with Crippen LogP contribution in [0.25, 0.3) is 5.69 Å². The van der Waals surface area contributed by atoms with Crippen molar-refractivity contribution in [2.45, 2.75) is 31.3 Å². The van der Waals surface area contributed by atoms with Crippen LogP contribution in [0, 0.1) is 0 Å². The van der Waals surface area contributed by atoms with Gasteiger partial charge in [0.1, 0.15) is 4.90 Å². The fraction of sp³-hybridized carbons (Fsp3) is 0.294. The minimum absolute atomic E-state index is 0.175. The van der Waals surface area contributed by atoms with E-state index in [9.17, 15) is 8.42 Å². The third kappa shape index (κ3) is 3.64. The van der Waals surface area contributed by atoms with Crippen LogP contribution in [-0.4, -0.2) is 38.3 Å². The van der Waals surface area contributed by atoms with Crippen LogP contribution in [0.3, 0.4) is 0 Å². The normalized spacial score (nSPS) is 12.2. The highest BCUT2D eigenvalue weighted by Gasteiger charge is 2.29. The van der Waals surface area contributed by atoms with E-state index in [4.69, 9.17) is 0 Å². The third-order valence-electron chi connectivity index (χ3n) is 3.86. The van der Waals surface area contributed by atoms with Crippen molar-refractivity contribution in [3.05, 3.63) is 60.7 Å². The Morgan fingerprint density at radius 3 is 2.40 bits per heavy atom. The summed E-state index contributed by atoms with van der Waals surface area (Å²) < 4.78 is 30.8. The molecule has 0 radical (unpaired) electrons. The van der Waals surface area contributed by atoms with E-state index < -0.39 is 10.0 Å². The molecule has 0 aliphatic rings. The lowest BCUT2D eigenvalue weighted by molar-refractivity contribution is 0.348. The van der Waals surface area contributed by atoms with Crippen LogP contribution < -0.4 is 0 Å². The van der Waals surface area contributed by atoms with Gasteiger partial charge in [0.2, 0.25) is 10.0 Å². The first kappa shape index (κ1) is 17.4. The Bertz CT molecular complexity index is 944. The average molecular weight is 359 g/mol. The zero-order valence-electron chi connectivity index (χ0n) is 14.4. The predicted octanol–water partition coefficient (Wildman–Crippen LogP) is 2.21. The fourth-order valence-corrected chi connectivity index (χ4v) is 4.13. The third-order valence-corrected chi connectivity index (χ3v) is 5.83. The van der Waals surface area contributed by atoms with Crippen molar-refractivity contribution in [3.63, 3.8) is 0 Å². The number of benzene rings is 1. The molecule has 132 valence electrons. The topological polar surface area (TPSA) is 73.0 Å². The molecule has 3 rings (SSSR count). The van der Waals surface area contributed by atoms with Gasteiger partial charge < -0.3 is 0 Å². The number of para-hydroxylation sites is 1. The Kier molecular flexibility index (Phi) is 4.73. The minimum atomic E-state index is -3.66. The summed E-state index contributed by atoms with van der Waals surface area (Å²) in [6, 6.07) is 9.23. The summed E-state index contributed by atoms with van der Waals surface area (Å²) in [6.07, 6.45) is 6.43. The van der Waals surface area contributed by atoms with Gasteiger partial charge in [-0.2, -0.15) is 14.5 Å². The molecule has 0 amide bonds. The molecule has 25 heavy (non-hydrogen) atoms. The molecule has 0 atom stereocenters. The summed E-state index contributed by atoms with van der Waals surface area (Å²) in [6.45, 7) is 3.98. The molecule has 0 fully saturated rings. The molecule has 0 bridgehead atoms. The van der Waals surface area contributed by atoms with Crippen molar-refractivity contribution in [2.24, 2.45) is 7.05 Å². The van der Waals surface area contributed by atoms with Gasteiger partial charge in [-0.05, 0) is 26.0 Å². The fourth-order valence-electron chi connectivity index (χ4n) is 2.58. The molecule has 0 aliphatic heterocycles. The smallest absolute Gasteiger partial charge is 0.246 e. The first-order chi connectivity index (χ1) is 11.9. The molecule has 3 aromatic rings. The van der Waals surface area contributed by atoms with E-state index in [1.165, 1.54) is 10.5 Å². The van der Waals surface area contributed by atoms with E-state index in [0.717, 1.165) is 11.3 Å². The Hall–Kier alpha value is -2.45. The standard InChI is InChI=1S/C17H21N5O2S/c1-14(2)22(12-15-9-18-20(3)11-15)25(23,24)17-10-19-21(13-17)16-7-5-4-6-8-16/h4-11,13-14H,12H2,1-3H3. The first-order valence-electron chi connectivity index (χ1n) is 7.97. The van der Waals surface area contributed by atoms with Gasteiger partial charge in [-0.1, -0.05) is 18.2 Å². The van der Waals surface area contributed by atoms with Crippen LogP contribution >= 0.6 is 0 Å². The molecule has 0 unspecified atom stereocenters. The van der Waals surface area contributed by atoms with Gasteiger partial charge in [0.15, 0.2) is 0 Å². The Morgan fingerprint density at radius 2 is 1.80 bits per heavy atom. The Balaban J connectivity index is 1.92. The van der Waals surface area contributed by atoms with E-state index in [1.54, 1.807) is 21.8 Å². The van der Waals surface area contributed by atoms with Crippen molar-refractivity contribution in [1.29, 1.82) is 0 Å². The molecule has 0 saturated heterocycles. The first-order valence-corrected chi connectivity index (χ1v) is 9.41. The maximum atomic E-state index is 13.1. The quantitative estimate of drug-likeness (QED) is 0.676. The van der Waals surface area contributed by atoms with E-state index >= 15 is 0 Å². The van der Waals surface area contributed by atoms with Gasteiger partial charge in [0, 0.05) is 31.4 Å². The van der Waals surface area contributed by atoms with Crippen LogP contribution in [0.1, 0.15) is 19.4 Å². The van der Waals surface area contributed by atoms with Crippen molar-refractivity contribution >= 4 is 10.0 Å². The molecule has 1 aromatic carbocycles.